The molecule has 1 aliphatic rings. The molecule has 4 rings (SSSR count). The van der Waals surface area contributed by atoms with Crippen molar-refractivity contribution < 1.29 is 80.2 Å². The SMILES string of the molecule is C1CNC1.COCCOCc1cc(OC)c(-c2ccc(CC(C)N(C)[O-])cc2)c(OC)c1.O=CO.Sc1cc(Cl)cc(Cl)c1.[K+]. The monoisotopic (exact) mass is 708 g/mol. The van der Waals surface area contributed by atoms with Crippen LogP contribution in [0.2, 0.25) is 10.0 Å². The Morgan fingerprint density at radius 2 is 1.47 bits per heavy atom. The Bertz CT molecular complexity index is 1160. The molecule has 3 aromatic carbocycles. The van der Waals surface area contributed by atoms with Crippen molar-refractivity contribution in [2.24, 2.45) is 0 Å². The van der Waals surface area contributed by atoms with E-state index in [-0.39, 0.29) is 63.9 Å². The molecule has 0 saturated carbocycles. The van der Waals surface area contributed by atoms with Gasteiger partial charge < -0.3 is 39.6 Å². The topological polar surface area (TPSA) is 113 Å². The summed E-state index contributed by atoms with van der Waals surface area (Å²) in [4.78, 5) is 9.15. The van der Waals surface area contributed by atoms with E-state index < -0.39 is 0 Å². The maximum absolute atomic E-state index is 11.4. The molecule has 3 aromatic rings. The number of nitrogens with zero attached hydrogens (tertiary/aromatic N) is 1. The second-order valence-electron chi connectivity index (χ2n) is 9.55. The molecule has 9 nitrogen and oxygen atoms in total. The summed E-state index contributed by atoms with van der Waals surface area (Å²) in [6, 6.07) is 17.1. The smallest absolute Gasteiger partial charge is 0.785 e. The number of hydrogen-bond donors (Lipinski definition) is 3. The van der Waals surface area contributed by atoms with E-state index in [1.54, 1.807) is 46.6 Å². The van der Waals surface area contributed by atoms with Crippen molar-refractivity contribution in [2.45, 2.75) is 37.3 Å². The van der Waals surface area contributed by atoms with E-state index >= 15 is 0 Å². The molecule has 1 saturated heterocycles. The van der Waals surface area contributed by atoms with Gasteiger partial charge in [0.25, 0.3) is 6.47 Å². The number of hydroxylamine groups is 2. The zero-order valence-electron chi connectivity index (χ0n) is 26.8. The van der Waals surface area contributed by atoms with Gasteiger partial charge in [-0.3, -0.25) is 4.79 Å². The summed E-state index contributed by atoms with van der Waals surface area (Å²) >= 11 is 15.3. The number of thiol groups is 1. The van der Waals surface area contributed by atoms with Crippen molar-refractivity contribution in [1.82, 2.24) is 10.4 Å². The summed E-state index contributed by atoms with van der Waals surface area (Å²) in [5.74, 6) is 1.45. The summed E-state index contributed by atoms with van der Waals surface area (Å²) < 4.78 is 21.9. The standard InChI is InChI=1S/C22H30NO5.C6H4Cl2S.C3H7N.CH2O2.K/c1-16(23(2)24)12-17-6-8-19(9-7-17)22-20(26-4)13-18(14-21(22)27-5)15-28-11-10-25-3;7-4-1-5(8)3-6(9)2-4;1-2-4-3-1;2-1-3;/h6-9,13-14,16H,10-12,15H2,1-5H3;1-3,9H;4H,1-3H2;1H,(H,2,3);/q-1;;;;+1. The molecule has 0 aromatic heterocycles. The van der Waals surface area contributed by atoms with Gasteiger partial charge in [0.1, 0.15) is 11.5 Å². The number of methoxy groups -OCH3 is 3. The van der Waals surface area contributed by atoms with Gasteiger partial charge in [-0.15, -0.1) is 12.6 Å². The van der Waals surface area contributed by atoms with Crippen LogP contribution in [0.25, 0.3) is 11.1 Å². The van der Waals surface area contributed by atoms with Crippen LogP contribution in [0.4, 0.5) is 0 Å². The zero-order chi connectivity index (χ0) is 32.9. The van der Waals surface area contributed by atoms with Crippen molar-refractivity contribution in [3.05, 3.63) is 81.0 Å². The van der Waals surface area contributed by atoms with Gasteiger partial charge in [0.15, 0.2) is 0 Å². The minimum atomic E-state index is -0.250. The van der Waals surface area contributed by atoms with Crippen molar-refractivity contribution in [3.63, 3.8) is 0 Å². The van der Waals surface area contributed by atoms with E-state index in [4.69, 9.17) is 52.1 Å². The molecule has 1 heterocycles. The third-order valence-corrected chi connectivity index (χ3v) is 6.91. The first-order chi connectivity index (χ1) is 21.1. The third kappa shape index (κ3) is 18.3. The second-order valence-corrected chi connectivity index (χ2v) is 10.9. The Balaban J connectivity index is 0.000000924. The Morgan fingerprint density at radius 1 is 0.978 bits per heavy atom. The summed E-state index contributed by atoms with van der Waals surface area (Å²) in [6.07, 6.45) is 2.09. The average molecular weight is 710 g/mol. The summed E-state index contributed by atoms with van der Waals surface area (Å²) in [6.45, 7) is 5.71. The number of carboxylic acid groups (broad SMARTS) is 1. The number of rotatable bonds is 11. The molecular formula is C32H43Cl2KN2O7S. The molecule has 1 fully saturated rings. The van der Waals surface area contributed by atoms with Gasteiger partial charge in [-0.25, -0.2) is 0 Å². The molecule has 0 radical (unpaired) electrons. The number of carbonyl (C=O) groups is 1. The minimum absolute atomic E-state index is 0. The number of ether oxygens (including phenoxy) is 4. The molecule has 45 heavy (non-hydrogen) atoms. The van der Waals surface area contributed by atoms with Crippen LogP contribution < -0.4 is 66.2 Å². The summed E-state index contributed by atoms with van der Waals surface area (Å²) in [7, 11) is 6.49. The van der Waals surface area contributed by atoms with Crippen LogP contribution in [0, 0.1) is 5.21 Å². The fourth-order valence-corrected chi connectivity index (χ4v) is 4.62. The van der Waals surface area contributed by atoms with Crippen LogP contribution in [0.5, 0.6) is 11.5 Å². The Kier molecular flexibility index (Phi) is 25.6. The molecule has 0 spiro atoms. The van der Waals surface area contributed by atoms with Crippen LogP contribution in [0.3, 0.4) is 0 Å². The van der Waals surface area contributed by atoms with E-state index in [0.717, 1.165) is 43.7 Å². The van der Waals surface area contributed by atoms with E-state index in [2.05, 4.69) is 17.9 Å². The minimum Gasteiger partial charge on any atom is -0.785 e. The first-order valence-corrected chi connectivity index (χ1v) is 15.0. The largest absolute Gasteiger partial charge is 1.00 e. The van der Waals surface area contributed by atoms with E-state index in [0.29, 0.717) is 36.3 Å². The molecule has 244 valence electrons. The van der Waals surface area contributed by atoms with Crippen LogP contribution in [-0.2, 0) is 27.3 Å². The normalized spacial score (nSPS) is 12.0. The average Bonchev–Trinajstić information content (AvgIpc) is 2.94. The van der Waals surface area contributed by atoms with Gasteiger partial charge in [-0.05, 0) is 86.0 Å². The molecule has 0 aliphatic carbocycles. The predicted molar refractivity (Wildman–Crippen MR) is 181 cm³/mol. The van der Waals surface area contributed by atoms with Crippen molar-refractivity contribution in [3.8, 4) is 22.6 Å². The van der Waals surface area contributed by atoms with Gasteiger partial charge in [0.2, 0.25) is 0 Å². The fourth-order valence-electron chi connectivity index (χ4n) is 3.66. The zero-order valence-corrected chi connectivity index (χ0v) is 32.4. The summed E-state index contributed by atoms with van der Waals surface area (Å²) in [5.41, 5.74) is 3.97. The molecular weight excluding hydrogens is 666 g/mol. The van der Waals surface area contributed by atoms with Crippen molar-refractivity contribution in [2.75, 3.05) is 54.7 Å². The number of benzene rings is 3. The third-order valence-electron chi connectivity index (χ3n) is 6.21. The second kappa shape index (κ2) is 26.1. The van der Waals surface area contributed by atoms with Gasteiger partial charge in [-0.1, -0.05) is 54.4 Å². The Morgan fingerprint density at radius 3 is 1.84 bits per heavy atom. The quantitative estimate of drug-likeness (QED) is 0.0899. The molecule has 1 atom stereocenters. The summed E-state index contributed by atoms with van der Waals surface area (Å²) in [5, 5.41) is 23.6. The Hall–Kier alpha value is -0.904. The molecule has 13 heteroatoms. The number of halogens is 2. The first kappa shape index (κ1) is 44.1. The number of likely N-dealkylation sites (N-methyl/N-ethyl adjacent to an activating group) is 1. The van der Waals surface area contributed by atoms with E-state index in [9.17, 15) is 5.21 Å². The van der Waals surface area contributed by atoms with Gasteiger partial charge in [0, 0.05) is 22.1 Å². The maximum Gasteiger partial charge on any atom is 1.00 e. The van der Waals surface area contributed by atoms with Crippen molar-refractivity contribution >= 4 is 42.3 Å². The fraction of sp³-hybridized carbons (Fsp3) is 0.406. The van der Waals surface area contributed by atoms with E-state index in [1.807, 2.05) is 43.3 Å². The van der Waals surface area contributed by atoms with E-state index in [1.165, 1.54) is 19.5 Å². The van der Waals surface area contributed by atoms with Crippen LogP contribution in [0.15, 0.2) is 59.5 Å². The molecule has 0 amide bonds. The van der Waals surface area contributed by atoms with Gasteiger partial charge in [0.05, 0.1) is 39.6 Å². The van der Waals surface area contributed by atoms with Gasteiger partial charge >= 0.3 is 51.4 Å². The van der Waals surface area contributed by atoms with Crippen LogP contribution in [0.1, 0.15) is 24.5 Å². The molecule has 1 unspecified atom stereocenters. The molecule has 1 aliphatic heterocycles. The Labute approximate surface area is 325 Å². The first-order valence-electron chi connectivity index (χ1n) is 13.8. The number of hydrogen-bond acceptors (Lipinski definition) is 9. The molecule has 0 bridgehead atoms. The van der Waals surface area contributed by atoms with Gasteiger partial charge in [-0.2, -0.15) is 0 Å². The van der Waals surface area contributed by atoms with Crippen LogP contribution >= 0.6 is 35.8 Å². The predicted octanol–water partition coefficient (Wildman–Crippen LogP) is 3.86. The van der Waals surface area contributed by atoms with Crippen molar-refractivity contribution in [1.29, 1.82) is 0 Å². The van der Waals surface area contributed by atoms with Crippen LogP contribution in [-0.4, -0.2) is 77.4 Å². The molecule has 2 N–H and O–H groups in total. The maximum atomic E-state index is 11.4. The number of nitrogens with one attached hydrogen (secondary N) is 1.